The number of nitrogens with zero attached hydrogens (tertiary/aromatic N) is 1. The Bertz CT molecular complexity index is 609. The Morgan fingerprint density at radius 3 is 2.22 bits per heavy atom. The first-order chi connectivity index (χ1) is 10.6. The molecular formula is C16H26N2O4S. The van der Waals surface area contributed by atoms with Gasteiger partial charge in [-0.05, 0) is 38.1 Å². The highest BCUT2D eigenvalue weighted by Gasteiger charge is 2.19. The molecule has 0 unspecified atom stereocenters. The molecule has 0 heterocycles. The van der Waals surface area contributed by atoms with Gasteiger partial charge in [0.25, 0.3) is 0 Å². The average molecular weight is 342 g/mol. The molecule has 0 bridgehead atoms. The van der Waals surface area contributed by atoms with Crippen molar-refractivity contribution in [2.45, 2.75) is 33.8 Å². The number of rotatable bonds is 8. The summed E-state index contributed by atoms with van der Waals surface area (Å²) < 4.78 is 31.3. The van der Waals surface area contributed by atoms with Gasteiger partial charge in [0.05, 0.1) is 17.5 Å². The smallest absolute Gasteiger partial charge is 0.236 e. The summed E-state index contributed by atoms with van der Waals surface area (Å²) >= 11 is 0. The fourth-order valence-electron chi connectivity index (χ4n) is 1.81. The minimum Gasteiger partial charge on any atom is -0.491 e. The van der Waals surface area contributed by atoms with Gasteiger partial charge < -0.3 is 10.1 Å². The molecule has 1 amide bonds. The van der Waals surface area contributed by atoms with Gasteiger partial charge in [-0.3, -0.25) is 9.10 Å². The van der Waals surface area contributed by atoms with Crippen molar-refractivity contribution in [2.75, 3.05) is 23.7 Å². The molecule has 0 spiro atoms. The van der Waals surface area contributed by atoms with Crippen LogP contribution in [-0.4, -0.2) is 39.8 Å². The molecule has 0 fully saturated rings. The van der Waals surface area contributed by atoms with Crippen LogP contribution in [0.5, 0.6) is 5.75 Å². The van der Waals surface area contributed by atoms with Crippen molar-refractivity contribution in [3.63, 3.8) is 0 Å². The first-order valence-corrected chi connectivity index (χ1v) is 9.25. The largest absolute Gasteiger partial charge is 0.491 e. The molecular weight excluding hydrogens is 316 g/mol. The minimum absolute atomic E-state index is 0.0619. The lowest BCUT2D eigenvalue weighted by molar-refractivity contribution is -0.123. The highest BCUT2D eigenvalue weighted by molar-refractivity contribution is 7.92. The van der Waals surface area contributed by atoms with Crippen LogP contribution in [0.25, 0.3) is 0 Å². The lowest BCUT2D eigenvalue weighted by atomic mass is 10.2. The highest BCUT2D eigenvalue weighted by Crippen LogP contribution is 2.21. The number of hydrogen-bond acceptors (Lipinski definition) is 4. The van der Waals surface area contributed by atoms with Gasteiger partial charge in [-0.25, -0.2) is 8.42 Å². The van der Waals surface area contributed by atoms with Crippen molar-refractivity contribution in [3.8, 4) is 5.75 Å². The molecule has 0 radical (unpaired) electrons. The van der Waals surface area contributed by atoms with E-state index in [9.17, 15) is 13.2 Å². The van der Waals surface area contributed by atoms with E-state index in [1.54, 1.807) is 38.1 Å². The second kappa shape index (κ2) is 8.19. The molecule has 0 aliphatic heterocycles. The van der Waals surface area contributed by atoms with E-state index in [-0.39, 0.29) is 30.2 Å². The fraction of sp³-hybridized carbons (Fsp3) is 0.562. The first kappa shape index (κ1) is 19.3. The summed E-state index contributed by atoms with van der Waals surface area (Å²) in [6.45, 7) is 7.47. The van der Waals surface area contributed by atoms with Crippen LogP contribution in [0.4, 0.5) is 5.69 Å². The lowest BCUT2D eigenvalue weighted by Gasteiger charge is -2.20. The summed E-state index contributed by atoms with van der Waals surface area (Å²) in [6, 6.07) is 6.87. The number of carbonyl (C=O) groups is 1. The Balaban J connectivity index is 2.67. The van der Waals surface area contributed by atoms with E-state index >= 15 is 0 Å². The van der Waals surface area contributed by atoms with Crippen molar-refractivity contribution in [1.82, 2.24) is 5.32 Å². The van der Waals surface area contributed by atoms with Crippen LogP contribution in [0, 0.1) is 5.92 Å². The standard InChI is InChI=1S/C16H26N2O4S/c1-12(2)16(19)17-10-11-23(20,21)18(5)14-6-8-15(9-7-14)22-13(3)4/h6-9,12-13H,10-11H2,1-5H3,(H,17,19). The van der Waals surface area contributed by atoms with E-state index in [1.807, 2.05) is 13.8 Å². The van der Waals surface area contributed by atoms with Crippen molar-refractivity contribution in [2.24, 2.45) is 5.92 Å². The van der Waals surface area contributed by atoms with Gasteiger partial charge in [0, 0.05) is 19.5 Å². The van der Waals surface area contributed by atoms with Gasteiger partial charge in [0.15, 0.2) is 0 Å². The monoisotopic (exact) mass is 342 g/mol. The topological polar surface area (TPSA) is 75.7 Å². The zero-order valence-electron chi connectivity index (χ0n) is 14.4. The zero-order chi connectivity index (χ0) is 17.6. The van der Waals surface area contributed by atoms with E-state index in [0.29, 0.717) is 11.4 Å². The molecule has 6 nitrogen and oxygen atoms in total. The van der Waals surface area contributed by atoms with Gasteiger partial charge in [-0.1, -0.05) is 13.8 Å². The van der Waals surface area contributed by atoms with E-state index in [4.69, 9.17) is 4.74 Å². The summed E-state index contributed by atoms with van der Waals surface area (Å²) in [6.07, 6.45) is 0.0619. The molecule has 0 atom stereocenters. The maximum Gasteiger partial charge on any atom is 0.236 e. The predicted molar refractivity (Wildman–Crippen MR) is 92.2 cm³/mol. The van der Waals surface area contributed by atoms with Crippen LogP contribution in [0.1, 0.15) is 27.7 Å². The second-order valence-electron chi connectivity index (χ2n) is 5.89. The molecule has 1 aromatic rings. The third-order valence-electron chi connectivity index (χ3n) is 3.17. The maximum atomic E-state index is 12.3. The molecule has 0 aromatic heterocycles. The van der Waals surface area contributed by atoms with Crippen LogP contribution in [0.3, 0.4) is 0 Å². The third-order valence-corrected chi connectivity index (χ3v) is 4.94. The quantitative estimate of drug-likeness (QED) is 0.784. The molecule has 1 N–H and O–H groups in total. The number of anilines is 1. The second-order valence-corrected chi connectivity index (χ2v) is 8.01. The number of amides is 1. The molecule has 130 valence electrons. The van der Waals surface area contributed by atoms with Crippen LogP contribution in [-0.2, 0) is 14.8 Å². The summed E-state index contributed by atoms with van der Waals surface area (Å²) in [7, 11) is -1.99. The Kier molecular flexibility index (Phi) is 6.87. The van der Waals surface area contributed by atoms with Gasteiger partial charge in [-0.2, -0.15) is 0 Å². The molecule has 7 heteroatoms. The van der Waals surface area contributed by atoms with E-state index < -0.39 is 10.0 Å². The van der Waals surface area contributed by atoms with Gasteiger partial charge in [0.2, 0.25) is 15.9 Å². The normalized spacial score (nSPS) is 11.6. The van der Waals surface area contributed by atoms with Gasteiger partial charge >= 0.3 is 0 Å². The van der Waals surface area contributed by atoms with Crippen molar-refractivity contribution in [1.29, 1.82) is 0 Å². The number of sulfonamides is 1. The number of benzene rings is 1. The summed E-state index contributed by atoms with van der Waals surface area (Å²) in [5.41, 5.74) is 0.552. The molecule has 0 saturated heterocycles. The molecule has 1 aromatic carbocycles. The first-order valence-electron chi connectivity index (χ1n) is 7.64. The van der Waals surface area contributed by atoms with Crippen molar-refractivity contribution >= 4 is 21.6 Å². The number of hydrogen-bond donors (Lipinski definition) is 1. The summed E-state index contributed by atoms with van der Waals surface area (Å²) in [5, 5.41) is 2.61. The average Bonchev–Trinajstić information content (AvgIpc) is 2.46. The van der Waals surface area contributed by atoms with E-state index in [2.05, 4.69) is 5.32 Å². The van der Waals surface area contributed by atoms with E-state index in [0.717, 1.165) is 0 Å². The molecule has 0 aliphatic rings. The molecule has 0 aliphatic carbocycles. The predicted octanol–water partition coefficient (Wildman–Crippen LogP) is 2.01. The Morgan fingerprint density at radius 2 is 1.74 bits per heavy atom. The van der Waals surface area contributed by atoms with Gasteiger partial charge in [-0.15, -0.1) is 0 Å². The van der Waals surface area contributed by atoms with Crippen LogP contribution >= 0.6 is 0 Å². The Morgan fingerprint density at radius 1 is 1.17 bits per heavy atom. The fourth-order valence-corrected chi connectivity index (χ4v) is 2.89. The van der Waals surface area contributed by atoms with Crippen LogP contribution in [0.2, 0.25) is 0 Å². The van der Waals surface area contributed by atoms with Crippen LogP contribution in [0.15, 0.2) is 24.3 Å². The molecule has 1 rings (SSSR count). The maximum absolute atomic E-state index is 12.3. The third kappa shape index (κ3) is 6.09. The van der Waals surface area contributed by atoms with Crippen molar-refractivity contribution in [3.05, 3.63) is 24.3 Å². The molecule has 0 saturated carbocycles. The SMILES string of the molecule is CC(C)Oc1ccc(N(C)S(=O)(=O)CCNC(=O)C(C)C)cc1. The summed E-state index contributed by atoms with van der Waals surface area (Å²) in [5.74, 6) is 0.229. The minimum atomic E-state index is -3.49. The Hall–Kier alpha value is -1.76. The number of nitrogens with one attached hydrogen (secondary N) is 1. The van der Waals surface area contributed by atoms with Crippen LogP contribution < -0.4 is 14.4 Å². The molecule has 23 heavy (non-hydrogen) atoms. The van der Waals surface area contributed by atoms with Crippen molar-refractivity contribution < 1.29 is 17.9 Å². The number of ether oxygens (including phenoxy) is 1. The van der Waals surface area contributed by atoms with Gasteiger partial charge in [0.1, 0.15) is 5.75 Å². The summed E-state index contributed by atoms with van der Waals surface area (Å²) in [4.78, 5) is 11.5. The lowest BCUT2D eigenvalue weighted by Crippen LogP contribution is -2.37. The number of carbonyl (C=O) groups excluding carboxylic acids is 1. The zero-order valence-corrected chi connectivity index (χ0v) is 15.2. The Labute approximate surface area is 138 Å². The van der Waals surface area contributed by atoms with E-state index in [1.165, 1.54) is 11.4 Å². The highest BCUT2D eigenvalue weighted by atomic mass is 32.2.